The summed E-state index contributed by atoms with van der Waals surface area (Å²) in [6, 6.07) is 25.9. The van der Waals surface area contributed by atoms with E-state index in [-0.39, 0.29) is 5.56 Å². The third-order valence-electron chi connectivity index (χ3n) is 5.07. The summed E-state index contributed by atoms with van der Waals surface area (Å²) >= 11 is 1.71. The minimum atomic E-state index is -0.152. The summed E-state index contributed by atoms with van der Waals surface area (Å²) in [5, 5.41) is 3.05. The van der Waals surface area contributed by atoms with Gasteiger partial charge in [-0.2, -0.15) is 0 Å². The summed E-state index contributed by atoms with van der Waals surface area (Å²) in [5.41, 5.74) is 3.60. The van der Waals surface area contributed by atoms with Crippen molar-refractivity contribution in [3.8, 4) is 28.0 Å². The minimum Gasteiger partial charge on any atom is -0.497 e. The van der Waals surface area contributed by atoms with Gasteiger partial charge in [0.1, 0.15) is 5.75 Å². The molecule has 0 saturated carbocycles. The molecular formula is C25H19N3O2S. The summed E-state index contributed by atoms with van der Waals surface area (Å²) < 4.78 is 6.76. The van der Waals surface area contributed by atoms with E-state index in [1.165, 1.54) is 9.41 Å². The summed E-state index contributed by atoms with van der Waals surface area (Å²) in [5.74, 6) is 0.697. The second-order valence-electron chi connectivity index (χ2n) is 6.99. The van der Waals surface area contributed by atoms with Gasteiger partial charge in [-0.3, -0.25) is 9.89 Å². The standard InChI is InChI=1S/C25H19N3O2S/c1-30-19-7-5-6-18(14-19)23-15-26-24-22(16-27-28(24)25(23)29)17-10-12-21(13-11-17)31-20-8-3-2-4-9-20/h2-16,27H,1H3. The van der Waals surface area contributed by atoms with Gasteiger partial charge >= 0.3 is 0 Å². The van der Waals surface area contributed by atoms with Crippen LogP contribution in [0.4, 0.5) is 0 Å². The second-order valence-corrected chi connectivity index (χ2v) is 8.14. The van der Waals surface area contributed by atoms with Crippen molar-refractivity contribution >= 4 is 17.4 Å². The molecule has 31 heavy (non-hydrogen) atoms. The Morgan fingerprint density at radius 3 is 2.42 bits per heavy atom. The van der Waals surface area contributed by atoms with Gasteiger partial charge in [-0.05, 0) is 47.5 Å². The first-order valence-electron chi connectivity index (χ1n) is 9.80. The summed E-state index contributed by atoms with van der Waals surface area (Å²) in [6.45, 7) is 0. The fraction of sp³-hybridized carbons (Fsp3) is 0.0400. The molecular weight excluding hydrogens is 406 g/mol. The molecule has 0 aliphatic heterocycles. The number of ether oxygens (including phenoxy) is 1. The maximum absolute atomic E-state index is 13.1. The molecule has 5 nitrogen and oxygen atoms in total. The lowest BCUT2D eigenvalue weighted by Crippen LogP contribution is -2.16. The molecule has 6 heteroatoms. The third-order valence-corrected chi connectivity index (χ3v) is 6.08. The zero-order valence-corrected chi connectivity index (χ0v) is 17.6. The summed E-state index contributed by atoms with van der Waals surface area (Å²) in [4.78, 5) is 20.0. The van der Waals surface area contributed by atoms with Crippen molar-refractivity contribution in [2.75, 3.05) is 7.11 Å². The van der Waals surface area contributed by atoms with Gasteiger partial charge < -0.3 is 4.74 Å². The molecule has 152 valence electrons. The van der Waals surface area contributed by atoms with Gasteiger partial charge in [0.15, 0.2) is 5.65 Å². The van der Waals surface area contributed by atoms with Crippen LogP contribution in [-0.4, -0.2) is 21.7 Å². The predicted octanol–water partition coefficient (Wildman–Crippen LogP) is 5.52. The SMILES string of the molecule is COc1cccc(-c2cnc3c(-c4ccc(Sc5ccccc5)cc4)c[nH]n3c2=O)c1. The Bertz CT molecular complexity index is 1410. The average Bonchev–Trinajstić information content (AvgIpc) is 3.26. The van der Waals surface area contributed by atoms with E-state index in [1.807, 2.05) is 48.7 Å². The zero-order chi connectivity index (χ0) is 21.2. The van der Waals surface area contributed by atoms with E-state index in [4.69, 9.17) is 4.74 Å². The van der Waals surface area contributed by atoms with Crippen LogP contribution in [0.1, 0.15) is 0 Å². The number of aromatic amines is 1. The van der Waals surface area contributed by atoms with Gasteiger partial charge in [0.05, 0.1) is 12.7 Å². The van der Waals surface area contributed by atoms with Crippen LogP contribution in [0, 0.1) is 0 Å². The van der Waals surface area contributed by atoms with E-state index in [9.17, 15) is 4.79 Å². The number of hydrogen-bond acceptors (Lipinski definition) is 4. The first-order valence-corrected chi connectivity index (χ1v) is 10.6. The maximum atomic E-state index is 13.1. The normalized spacial score (nSPS) is 11.0. The Labute approximate surface area is 183 Å². The van der Waals surface area contributed by atoms with E-state index >= 15 is 0 Å². The first kappa shape index (κ1) is 19.2. The van der Waals surface area contributed by atoms with Crippen LogP contribution in [0.15, 0.2) is 106 Å². The first-order chi connectivity index (χ1) is 15.2. The fourth-order valence-electron chi connectivity index (χ4n) is 3.49. The number of hydrogen-bond donors (Lipinski definition) is 1. The van der Waals surface area contributed by atoms with Crippen LogP contribution >= 0.6 is 11.8 Å². The highest BCUT2D eigenvalue weighted by molar-refractivity contribution is 7.99. The Hall–Kier alpha value is -3.77. The molecule has 2 heterocycles. The number of rotatable bonds is 5. The van der Waals surface area contributed by atoms with Crippen molar-refractivity contribution in [3.05, 3.63) is 102 Å². The lowest BCUT2D eigenvalue weighted by molar-refractivity contribution is 0.415. The van der Waals surface area contributed by atoms with Crippen LogP contribution in [0.25, 0.3) is 27.9 Å². The van der Waals surface area contributed by atoms with Crippen molar-refractivity contribution in [3.63, 3.8) is 0 Å². The van der Waals surface area contributed by atoms with Gasteiger partial charge in [0.25, 0.3) is 5.56 Å². The number of methoxy groups -OCH3 is 1. The van der Waals surface area contributed by atoms with Crippen molar-refractivity contribution < 1.29 is 4.74 Å². The van der Waals surface area contributed by atoms with Crippen molar-refractivity contribution in [2.24, 2.45) is 0 Å². The topological polar surface area (TPSA) is 59.4 Å². The number of fused-ring (bicyclic) bond motifs is 1. The Morgan fingerprint density at radius 2 is 1.65 bits per heavy atom. The maximum Gasteiger partial charge on any atom is 0.280 e. The molecule has 5 aromatic rings. The van der Waals surface area contributed by atoms with E-state index in [1.54, 1.807) is 25.1 Å². The molecule has 0 radical (unpaired) electrons. The number of H-pyrrole nitrogens is 1. The average molecular weight is 426 g/mol. The highest BCUT2D eigenvalue weighted by atomic mass is 32.2. The smallest absolute Gasteiger partial charge is 0.280 e. The van der Waals surface area contributed by atoms with Crippen LogP contribution in [0.5, 0.6) is 5.75 Å². The van der Waals surface area contributed by atoms with Crippen molar-refractivity contribution in [2.45, 2.75) is 9.79 Å². The Kier molecular flexibility index (Phi) is 5.06. The Morgan fingerprint density at radius 1 is 0.871 bits per heavy atom. The molecule has 3 aromatic carbocycles. The van der Waals surface area contributed by atoms with E-state index < -0.39 is 0 Å². The molecule has 0 saturated heterocycles. The van der Waals surface area contributed by atoms with Gasteiger partial charge in [0.2, 0.25) is 0 Å². The number of benzene rings is 3. The van der Waals surface area contributed by atoms with Crippen molar-refractivity contribution in [1.29, 1.82) is 0 Å². The molecule has 0 amide bonds. The van der Waals surface area contributed by atoms with Gasteiger partial charge in [-0.1, -0.05) is 54.2 Å². The van der Waals surface area contributed by atoms with Crippen LogP contribution < -0.4 is 10.3 Å². The Balaban J connectivity index is 1.49. The summed E-state index contributed by atoms with van der Waals surface area (Å²) in [7, 11) is 1.61. The van der Waals surface area contributed by atoms with Crippen LogP contribution in [0.3, 0.4) is 0 Å². The molecule has 0 unspecified atom stereocenters. The highest BCUT2D eigenvalue weighted by Crippen LogP contribution is 2.30. The molecule has 0 atom stereocenters. The zero-order valence-electron chi connectivity index (χ0n) is 16.8. The molecule has 5 rings (SSSR count). The molecule has 0 fully saturated rings. The number of aromatic nitrogens is 3. The highest BCUT2D eigenvalue weighted by Gasteiger charge is 2.13. The monoisotopic (exact) mass is 425 g/mol. The second kappa shape index (κ2) is 8.16. The van der Waals surface area contributed by atoms with Crippen molar-refractivity contribution in [1.82, 2.24) is 14.6 Å². The lowest BCUT2D eigenvalue weighted by atomic mass is 10.1. The fourth-order valence-corrected chi connectivity index (χ4v) is 4.32. The third kappa shape index (κ3) is 3.73. The van der Waals surface area contributed by atoms with Crippen LogP contribution in [-0.2, 0) is 0 Å². The number of nitrogens with one attached hydrogen (secondary N) is 1. The minimum absolute atomic E-state index is 0.152. The van der Waals surface area contributed by atoms with E-state index in [0.717, 1.165) is 21.6 Å². The number of nitrogens with zero attached hydrogens (tertiary/aromatic N) is 2. The molecule has 0 aliphatic carbocycles. The predicted molar refractivity (Wildman–Crippen MR) is 124 cm³/mol. The van der Waals surface area contributed by atoms with E-state index in [0.29, 0.717) is 17.0 Å². The quantitative estimate of drug-likeness (QED) is 0.403. The molecule has 2 aromatic heterocycles. The van der Waals surface area contributed by atoms with Gasteiger partial charge in [0, 0.05) is 27.7 Å². The lowest BCUT2D eigenvalue weighted by Gasteiger charge is -2.05. The van der Waals surface area contributed by atoms with Crippen LogP contribution in [0.2, 0.25) is 0 Å². The summed E-state index contributed by atoms with van der Waals surface area (Å²) in [6.07, 6.45) is 3.45. The molecule has 0 bridgehead atoms. The largest absolute Gasteiger partial charge is 0.497 e. The van der Waals surface area contributed by atoms with Gasteiger partial charge in [-0.25, -0.2) is 9.50 Å². The molecule has 0 spiro atoms. The molecule has 0 aliphatic rings. The van der Waals surface area contributed by atoms with E-state index in [2.05, 4.69) is 46.5 Å². The molecule has 1 N–H and O–H groups in total. The van der Waals surface area contributed by atoms with Gasteiger partial charge in [-0.15, -0.1) is 0 Å².